The van der Waals surface area contributed by atoms with Crippen LogP contribution in [0.3, 0.4) is 0 Å². The number of nitrogen functional groups attached to an aromatic ring is 1. The van der Waals surface area contributed by atoms with E-state index in [2.05, 4.69) is 27.0 Å². The summed E-state index contributed by atoms with van der Waals surface area (Å²) in [5.74, 6) is 2.43. The number of nitrogens with one attached hydrogen (secondary N) is 1. The standard InChI is InChI=1S/C18H20N4S/c19-14-4-1-3-13(11-14)17-15-5-2-6-20-18(15)21-16(17)12-22-7-9-23-10-8-22/h1-6,11H,7-10,12,19H2,(H,20,21). The number of nitrogens with zero attached hydrogens (tertiary/aromatic N) is 2. The minimum atomic E-state index is 0.793. The van der Waals surface area contributed by atoms with Gasteiger partial charge in [0.05, 0.1) is 0 Å². The second-order valence-corrected chi connectivity index (χ2v) is 7.12. The van der Waals surface area contributed by atoms with Gasteiger partial charge in [-0.1, -0.05) is 12.1 Å². The molecule has 2 aromatic heterocycles. The number of anilines is 1. The molecule has 23 heavy (non-hydrogen) atoms. The molecule has 0 saturated carbocycles. The van der Waals surface area contributed by atoms with E-state index in [1.54, 1.807) is 0 Å². The summed E-state index contributed by atoms with van der Waals surface area (Å²) in [6, 6.07) is 12.2. The second kappa shape index (κ2) is 6.26. The molecule has 1 aliphatic rings. The van der Waals surface area contributed by atoms with E-state index in [0.717, 1.165) is 36.5 Å². The summed E-state index contributed by atoms with van der Waals surface area (Å²) in [5.41, 5.74) is 11.4. The first-order valence-electron chi connectivity index (χ1n) is 7.93. The summed E-state index contributed by atoms with van der Waals surface area (Å²) in [5, 5.41) is 1.17. The molecule has 3 N–H and O–H groups in total. The zero-order chi connectivity index (χ0) is 15.6. The number of nitrogens with two attached hydrogens (primary N) is 1. The van der Waals surface area contributed by atoms with Crippen molar-refractivity contribution >= 4 is 28.5 Å². The Morgan fingerprint density at radius 2 is 2.04 bits per heavy atom. The number of aromatic amines is 1. The SMILES string of the molecule is Nc1cccc(-c2c(CN3CCSCC3)[nH]c3ncccc23)c1. The van der Waals surface area contributed by atoms with Gasteiger partial charge in [0.15, 0.2) is 0 Å². The van der Waals surface area contributed by atoms with Crippen molar-refractivity contribution < 1.29 is 0 Å². The first-order chi connectivity index (χ1) is 11.3. The normalized spacial score (nSPS) is 16.0. The molecule has 118 valence electrons. The number of aromatic nitrogens is 2. The molecule has 0 spiro atoms. The monoisotopic (exact) mass is 324 g/mol. The molecular formula is C18H20N4S. The van der Waals surface area contributed by atoms with Crippen LogP contribution in [0.2, 0.25) is 0 Å². The summed E-state index contributed by atoms with van der Waals surface area (Å²) >= 11 is 2.04. The van der Waals surface area contributed by atoms with Gasteiger partial charge in [-0.05, 0) is 29.8 Å². The molecule has 0 atom stereocenters. The summed E-state index contributed by atoms with van der Waals surface area (Å²) in [4.78, 5) is 10.5. The van der Waals surface area contributed by atoms with E-state index in [-0.39, 0.29) is 0 Å². The van der Waals surface area contributed by atoms with Crippen LogP contribution in [0.15, 0.2) is 42.6 Å². The van der Waals surface area contributed by atoms with Gasteiger partial charge >= 0.3 is 0 Å². The van der Waals surface area contributed by atoms with Crippen molar-refractivity contribution in [2.24, 2.45) is 0 Å². The van der Waals surface area contributed by atoms with E-state index in [1.807, 2.05) is 42.2 Å². The Morgan fingerprint density at radius 3 is 2.87 bits per heavy atom. The van der Waals surface area contributed by atoms with Crippen LogP contribution >= 0.6 is 11.8 Å². The molecule has 3 heterocycles. The average molecular weight is 324 g/mol. The van der Waals surface area contributed by atoms with Crippen LogP contribution in [0.25, 0.3) is 22.2 Å². The Bertz CT molecular complexity index is 821. The highest BCUT2D eigenvalue weighted by atomic mass is 32.2. The molecular weight excluding hydrogens is 304 g/mol. The lowest BCUT2D eigenvalue weighted by molar-refractivity contribution is 0.292. The highest BCUT2D eigenvalue weighted by Crippen LogP contribution is 2.33. The molecule has 0 amide bonds. The number of fused-ring (bicyclic) bond motifs is 1. The molecule has 0 aliphatic carbocycles. The third-order valence-electron chi connectivity index (χ3n) is 4.31. The number of rotatable bonds is 3. The van der Waals surface area contributed by atoms with E-state index < -0.39 is 0 Å². The third kappa shape index (κ3) is 2.94. The molecule has 1 fully saturated rings. The van der Waals surface area contributed by atoms with Crippen molar-refractivity contribution in [3.63, 3.8) is 0 Å². The largest absolute Gasteiger partial charge is 0.399 e. The van der Waals surface area contributed by atoms with Crippen molar-refractivity contribution in [3.8, 4) is 11.1 Å². The van der Waals surface area contributed by atoms with Gasteiger partial charge in [-0.25, -0.2) is 4.98 Å². The molecule has 0 radical (unpaired) electrons. The number of pyridine rings is 1. The molecule has 4 nitrogen and oxygen atoms in total. The maximum atomic E-state index is 6.00. The Balaban J connectivity index is 1.81. The smallest absolute Gasteiger partial charge is 0.138 e. The van der Waals surface area contributed by atoms with E-state index in [0.29, 0.717) is 0 Å². The second-order valence-electron chi connectivity index (χ2n) is 5.89. The predicted molar refractivity (Wildman–Crippen MR) is 98.5 cm³/mol. The highest BCUT2D eigenvalue weighted by Gasteiger charge is 2.18. The molecule has 3 aromatic rings. The molecule has 1 saturated heterocycles. The number of benzene rings is 1. The van der Waals surface area contributed by atoms with Gasteiger partial charge in [0, 0.05) is 59.7 Å². The fourth-order valence-corrected chi connectivity index (χ4v) is 4.18. The zero-order valence-corrected chi connectivity index (χ0v) is 13.8. The first kappa shape index (κ1) is 14.6. The molecule has 5 heteroatoms. The Morgan fingerprint density at radius 1 is 1.17 bits per heavy atom. The summed E-state index contributed by atoms with van der Waals surface area (Å²) in [6.07, 6.45) is 1.84. The van der Waals surface area contributed by atoms with Crippen LogP contribution in [-0.4, -0.2) is 39.5 Å². The predicted octanol–water partition coefficient (Wildman–Crippen LogP) is 3.36. The minimum Gasteiger partial charge on any atom is -0.399 e. The van der Waals surface area contributed by atoms with Gasteiger partial charge in [-0.2, -0.15) is 11.8 Å². The Labute approximate surface area is 140 Å². The van der Waals surface area contributed by atoms with Crippen LogP contribution in [0.5, 0.6) is 0 Å². The fraction of sp³-hybridized carbons (Fsp3) is 0.278. The lowest BCUT2D eigenvalue weighted by atomic mass is 10.0. The molecule has 4 rings (SSSR count). The highest BCUT2D eigenvalue weighted by molar-refractivity contribution is 7.99. The summed E-state index contributed by atoms with van der Waals surface area (Å²) in [7, 11) is 0. The van der Waals surface area contributed by atoms with E-state index in [4.69, 9.17) is 5.73 Å². The molecule has 1 aromatic carbocycles. The van der Waals surface area contributed by atoms with Crippen LogP contribution in [0, 0.1) is 0 Å². The average Bonchev–Trinajstić information content (AvgIpc) is 2.93. The minimum absolute atomic E-state index is 0.793. The van der Waals surface area contributed by atoms with Gasteiger partial charge in [0.25, 0.3) is 0 Å². The third-order valence-corrected chi connectivity index (χ3v) is 5.25. The molecule has 1 aliphatic heterocycles. The Kier molecular flexibility index (Phi) is 3.97. The van der Waals surface area contributed by atoms with Gasteiger partial charge in [-0.3, -0.25) is 4.90 Å². The fourth-order valence-electron chi connectivity index (χ4n) is 3.20. The first-order valence-corrected chi connectivity index (χ1v) is 9.08. The van der Waals surface area contributed by atoms with Crippen molar-refractivity contribution in [1.82, 2.24) is 14.9 Å². The summed E-state index contributed by atoms with van der Waals surface area (Å²) in [6.45, 7) is 3.22. The summed E-state index contributed by atoms with van der Waals surface area (Å²) < 4.78 is 0. The van der Waals surface area contributed by atoms with E-state index in [1.165, 1.54) is 28.1 Å². The van der Waals surface area contributed by atoms with E-state index in [9.17, 15) is 0 Å². The number of thioether (sulfide) groups is 1. The van der Waals surface area contributed by atoms with Gasteiger partial charge < -0.3 is 10.7 Å². The number of hydrogen-bond acceptors (Lipinski definition) is 4. The van der Waals surface area contributed by atoms with Crippen molar-refractivity contribution in [2.45, 2.75) is 6.54 Å². The van der Waals surface area contributed by atoms with Crippen molar-refractivity contribution in [2.75, 3.05) is 30.3 Å². The van der Waals surface area contributed by atoms with Crippen molar-refractivity contribution in [1.29, 1.82) is 0 Å². The van der Waals surface area contributed by atoms with Crippen LogP contribution in [-0.2, 0) is 6.54 Å². The lowest BCUT2D eigenvalue weighted by Crippen LogP contribution is -2.32. The zero-order valence-electron chi connectivity index (χ0n) is 13.0. The quantitative estimate of drug-likeness (QED) is 0.725. The maximum Gasteiger partial charge on any atom is 0.138 e. The van der Waals surface area contributed by atoms with Crippen LogP contribution in [0.4, 0.5) is 5.69 Å². The van der Waals surface area contributed by atoms with Crippen LogP contribution in [0.1, 0.15) is 5.69 Å². The topological polar surface area (TPSA) is 57.9 Å². The van der Waals surface area contributed by atoms with E-state index >= 15 is 0 Å². The Hall–Kier alpha value is -1.98. The maximum absolute atomic E-state index is 6.00. The van der Waals surface area contributed by atoms with Gasteiger partial charge in [-0.15, -0.1) is 0 Å². The van der Waals surface area contributed by atoms with Gasteiger partial charge in [0.2, 0.25) is 0 Å². The molecule has 0 unspecified atom stereocenters. The molecule has 0 bridgehead atoms. The van der Waals surface area contributed by atoms with Gasteiger partial charge in [0.1, 0.15) is 5.65 Å². The number of H-pyrrole nitrogens is 1. The van der Waals surface area contributed by atoms with Crippen LogP contribution < -0.4 is 5.73 Å². The lowest BCUT2D eigenvalue weighted by Gasteiger charge is -2.26. The van der Waals surface area contributed by atoms with Crippen molar-refractivity contribution in [3.05, 3.63) is 48.3 Å². The number of hydrogen-bond donors (Lipinski definition) is 2.